The van der Waals surface area contributed by atoms with E-state index in [4.69, 9.17) is 8.83 Å². The largest absolute Gasteiger partial charge is 0.455 e. The topological polar surface area (TPSA) is 29.5 Å². The molecule has 2 aromatic heterocycles. The Bertz CT molecular complexity index is 3160. The lowest BCUT2D eigenvalue weighted by Gasteiger charge is -2.29. The molecule has 0 aliphatic carbocycles. The van der Waals surface area contributed by atoms with Crippen molar-refractivity contribution in [2.75, 3.05) is 4.90 Å². The molecule has 11 aromatic rings. The number of benzene rings is 9. The predicted molar refractivity (Wildman–Crippen MR) is 237 cm³/mol. The number of furan rings is 2. The van der Waals surface area contributed by atoms with Crippen LogP contribution in [-0.4, -0.2) is 0 Å². The van der Waals surface area contributed by atoms with Crippen LogP contribution in [0.3, 0.4) is 0 Å². The first kappa shape index (κ1) is 32.8. The van der Waals surface area contributed by atoms with E-state index in [0.717, 1.165) is 105 Å². The van der Waals surface area contributed by atoms with E-state index in [-0.39, 0.29) is 0 Å². The smallest absolute Gasteiger partial charge is 0.160 e. The molecule has 0 saturated carbocycles. The Morgan fingerprint density at radius 3 is 1.39 bits per heavy atom. The van der Waals surface area contributed by atoms with Crippen LogP contribution >= 0.6 is 0 Å². The van der Waals surface area contributed by atoms with E-state index in [1.165, 1.54) is 0 Å². The molecule has 57 heavy (non-hydrogen) atoms. The van der Waals surface area contributed by atoms with Gasteiger partial charge in [-0.1, -0.05) is 164 Å². The maximum Gasteiger partial charge on any atom is 0.160 e. The van der Waals surface area contributed by atoms with Gasteiger partial charge >= 0.3 is 0 Å². The summed E-state index contributed by atoms with van der Waals surface area (Å²) in [7, 11) is 0. The molecule has 0 spiro atoms. The van der Waals surface area contributed by atoms with Crippen molar-refractivity contribution in [3.63, 3.8) is 0 Å². The summed E-state index contributed by atoms with van der Waals surface area (Å²) in [5.74, 6) is 0. The van der Waals surface area contributed by atoms with Gasteiger partial charge in [-0.15, -0.1) is 0 Å². The van der Waals surface area contributed by atoms with Crippen LogP contribution in [0.15, 0.2) is 221 Å². The number of fused-ring (bicyclic) bond motifs is 6. The number of hydrogen-bond acceptors (Lipinski definition) is 3. The van der Waals surface area contributed by atoms with Gasteiger partial charge in [-0.2, -0.15) is 0 Å². The van der Waals surface area contributed by atoms with E-state index in [1.807, 2.05) is 18.2 Å². The molecule has 0 aliphatic rings. The van der Waals surface area contributed by atoms with Crippen molar-refractivity contribution in [2.45, 2.75) is 0 Å². The lowest BCUT2D eigenvalue weighted by atomic mass is 9.95. The summed E-state index contributed by atoms with van der Waals surface area (Å²) in [5.41, 5.74) is 15.4. The van der Waals surface area contributed by atoms with Gasteiger partial charge in [0, 0.05) is 44.0 Å². The monoisotopic (exact) mass is 729 g/mol. The zero-order valence-electron chi connectivity index (χ0n) is 31.0. The van der Waals surface area contributed by atoms with E-state index >= 15 is 0 Å². The molecule has 3 nitrogen and oxygen atoms in total. The van der Waals surface area contributed by atoms with E-state index in [9.17, 15) is 0 Å². The third kappa shape index (κ3) is 5.68. The maximum absolute atomic E-state index is 6.92. The minimum Gasteiger partial charge on any atom is -0.455 e. The van der Waals surface area contributed by atoms with Crippen molar-refractivity contribution in [2.24, 2.45) is 0 Å². The summed E-state index contributed by atoms with van der Waals surface area (Å²) in [5, 5.41) is 4.40. The predicted octanol–water partition coefficient (Wildman–Crippen LogP) is 15.6. The number of anilines is 3. The van der Waals surface area contributed by atoms with Crippen LogP contribution in [-0.2, 0) is 0 Å². The first-order valence-corrected chi connectivity index (χ1v) is 19.3. The van der Waals surface area contributed by atoms with Crippen molar-refractivity contribution >= 4 is 60.9 Å². The maximum atomic E-state index is 6.92. The van der Waals surface area contributed by atoms with Gasteiger partial charge in [0.1, 0.15) is 16.7 Å². The molecule has 11 rings (SSSR count). The van der Waals surface area contributed by atoms with Crippen molar-refractivity contribution in [3.8, 4) is 44.5 Å². The summed E-state index contributed by atoms with van der Waals surface area (Å²) in [6, 6.07) is 75.1. The average Bonchev–Trinajstić information content (AvgIpc) is 3.87. The highest BCUT2D eigenvalue weighted by molar-refractivity contribution is 6.14. The molecule has 0 atom stereocenters. The molecule has 2 heterocycles. The van der Waals surface area contributed by atoms with Crippen LogP contribution < -0.4 is 4.90 Å². The third-order valence-corrected chi connectivity index (χ3v) is 11.1. The molecule has 268 valence electrons. The molecule has 0 fully saturated rings. The van der Waals surface area contributed by atoms with E-state index in [2.05, 4.69) is 199 Å². The number of hydrogen-bond donors (Lipinski definition) is 0. The number of nitrogens with zero attached hydrogens (tertiary/aromatic N) is 1. The number of para-hydroxylation sites is 3. The lowest BCUT2D eigenvalue weighted by Crippen LogP contribution is -2.12. The van der Waals surface area contributed by atoms with Crippen LogP contribution in [0.5, 0.6) is 0 Å². The van der Waals surface area contributed by atoms with Crippen molar-refractivity contribution in [1.29, 1.82) is 0 Å². The van der Waals surface area contributed by atoms with E-state index in [0.29, 0.717) is 0 Å². The van der Waals surface area contributed by atoms with E-state index in [1.54, 1.807) is 0 Å². The summed E-state index contributed by atoms with van der Waals surface area (Å²) >= 11 is 0. The molecule has 0 radical (unpaired) electrons. The second kappa shape index (κ2) is 13.6. The van der Waals surface area contributed by atoms with Crippen molar-refractivity contribution < 1.29 is 8.83 Å². The molecular formula is C54H35NO2. The highest BCUT2D eigenvalue weighted by Gasteiger charge is 2.25. The zero-order chi connectivity index (χ0) is 37.7. The van der Waals surface area contributed by atoms with Crippen molar-refractivity contribution in [3.05, 3.63) is 212 Å². The molecule has 9 aromatic carbocycles. The third-order valence-electron chi connectivity index (χ3n) is 11.1. The number of rotatable bonds is 7. The second-order valence-electron chi connectivity index (χ2n) is 14.5. The zero-order valence-corrected chi connectivity index (χ0v) is 31.0. The van der Waals surface area contributed by atoms with Gasteiger partial charge in [-0.25, -0.2) is 0 Å². The molecule has 0 saturated heterocycles. The fourth-order valence-corrected chi connectivity index (χ4v) is 8.35. The van der Waals surface area contributed by atoms with Crippen LogP contribution in [0.1, 0.15) is 0 Å². The van der Waals surface area contributed by atoms with Gasteiger partial charge in [0.25, 0.3) is 0 Å². The van der Waals surface area contributed by atoms with Crippen molar-refractivity contribution in [1.82, 2.24) is 0 Å². The summed E-state index contributed by atoms with van der Waals surface area (Å²) < 4.78 is 13.4. The lowest BCUT2D eigenvalue weighted by molar-refractivity contribution is 0.669. The van der Waals surface area contributed by atoms with Gasteiger partial charge in [-0.05, 0) is 81.9 Å². The Hall–Kier alpha value is -7.62. The normalized spacial score (nSPS) is 11.5. The molecule has 0 aliphatic heterocycles. The standard InChI is InChI=1S/C54H35NO2/c1-4-15-36(16-5-1)40-33-41(37-17-6-2-7-18-37)35-43(34-40)55(42-29-27-39(28-30-42)45-23-14-24-48-46-21-10-12-25-50(46)56-53(45)48)52-44(38-19-8-3-9-20-38)31-32-49-47-22-11-13-26-51(47)57-54(49)52/h1-35H. The Kier molecular flexibility index (Phi) is 7.82. The van der Waals surface area contributed by atoms with Gasteiger partial charge in [0.05, 0.1) is 5.69 Å². The molecule has 0 N–H and O–H groups in total. The van der Waals surface area contributed by atoms with Crippen LogP contribution in [0.2, 0.25) is 0 Å². The van der Waals surface area contributed by atoms with Crippen LogP contribution in [0, 0.1) is 0 Å². The van der Waals surface area contributed by atoms with Gasteiger partial charge in [0.15, 0.2) is 5.58 Å². The fraction of sp³-hybridized carbons (Fsp3) is 0. The Labute approximate surface area is 330 Å². The summed E-state index contributed by atoms with van der Waals surface area (Å²) in [6.07, 6.45) is 0. The Morgan fingerprint density at radius 2 is 0.772 bits per heavy atom. The van der Waals surface area contributed by atoms with Gasteiger partial charge < -0.3 is 13.7 Å². The fourth-order valence-electron chi connectivity index (χ4n) is 8.35. The van der Waals surface area contributed by atoms with E-state index < -0.39 is 0 Å². The first-order valence-electron chi connectivity index (χ1n) is 19.3. The van der Waals surface area contributed by atoms with Gasteiger partial charge in [-0.3, -0.25) is 0 Å². The van der Waals surface area contributed by atoms with Crippen LogP contribution in [0.25, 0.3) is 88.4 Å². The molecule has 3 heteroatoms. The first-order chi connectivity index (χ1) is 28.3. The Balaban J connectivity index is 1.19. The van der Waals surface area contributed by atoms with Crippen LogP contribution in [0.4, 0.5) is 17.1 Å². The second-order valence-corrected chi connectivity index (χ2v) is 14.5. The highest BCUT2D eigenvalue weighted by atomic mass is 16.3. The molecular weight excluding hydrogens is 695 g/mol. The minimum atomic E-state index is 0.833. The highest BCUT2D eigenvalue weighted by Crippen LogP contribution is 2.49. The SMILES string of the molecule is c1ccc(-c2cc(-c3ccccc3)cc(N(c3ccc(-c4cccc5c4oc4ccccc45)cc3)c3c(-c4ccccc4)ccc4c3oc3ccccc34)c2)cc1. The molecule has 0 bridgehead atoms. The molecule has 0 amide bonds. The molecule has 0 unspecified atom stereocenters. The summed E-state index contributed by atoms with van der Waals surface area (Å²) in [4.78, 5) is 2.39. The minimum absolute atomic E-state index is 0.833. The summed E-state index contributed by atoms with van der Waals surface area (Å²) in [6.45, 7) is 0. The quantitative estimate of drug-likeness (QED) is 0.164. The Morgan fingerprint density at radius 1 is 0.281 bits per heavy atom. The van der Waals surface area contributed by atoms with Gasteiger partial charge in [0.2, 0.25) is 0 Å². The average molecular weight is 730 g/mol.